The zero-order valence-electron chi connectivity index (χ0n) is 13.0. The molecule has 1 N–H and O–H groups in total. The van der Waals surface area contributed by atoms with Crippen LogP contribution < -0.4 is 5.32 Å². The van der Waals surface area contributed by atoms with Crippen LogP contribution in [0.5, 0.6) is 0 Å². The molecule has 1 aromatic heterocycles. The summed E-state index contributed by atoms with van der Waals surface area (Å²) in [6.45, 7) is 0. The number of nitrogens with zero attached hydrogens (tertiary/aromatic N) is 2. The molecule has 1 heterocycles. The van der Waals surface area contributed by atoms with Crippen LogP contribution in [0, 0.1) is 0 Å². The van der Waals surface area contributed by atoms with E-state index >= 15 is 0 Å². The van der Waals surface area contributed by atoms with Crippen LogP contribution in [0.1, 0.15) is 5.56 Å². The SMILES string of the molecule is CSc1nnc(-c2ccccc2NC(=O)C=Cc2ccccc2)o1. The van der Waals surface area contributed by atoms with Crippen LogP contribution >= 0.6 is 11.8 Å². The topological polar surface area (TPSA) is 68.0 Å². The maximum atomic E-state index is 12.2. The van der Waals surface area contributed by atoms with Crippen LogP contribution in [0.25, 0.3) is 17.5 Å². The molecule has 2 aromatic carbocycles. The minimum absolute atomic E-state index is 0.226. The van der Waals surface area contributed by atoms with Gasteiger partial charge in [0.05, 0.1) is 11.3 Å². The van der Waals surface area contributed by atoms with E-state index in [1.165, 1.54) is 17.8 Å². The monoisotopic (exact) mass is 337 g/mol. The lowest BCUT2D eigenvalue weighted by Crippen LogP contribution is -2.08. The molecule has 6 heteroatoms. The Labute approximate surface area is 143 Å². The van der Waals surface area contributed by atoms with Crippen molar-refractivity contribution in [1.82, 2.24) is 10.2 Å². The molecule has 24 heavy (non-hydrogen) atoms. The number of amides is 1. The van der Waals surface area contributed by atoms with Crippen LogP contribution in [-0.2, 0) is 4.79 Å². The largest absolute Gasteiger partial charge is 0.411 e. The summed E-state index contributed by atoms with van der Waals surface area (Å²) in [4.78, 5) is 12.2. The van der Waals surface area contributed by atoms with Gasteiger partial charge in [0, 0.05) is 6.08 Å². The molecule has 1 amide bonds. The summed E-state index contributed by atoms with van der Waals surface area (Å²) in [5.74, 6) is 0.151. The molecule has 0 fully saturated rings. The van der Waals surface area contributed by atoms with E-state index in [-0.39, 0.29) is 5.91 Å². The number of hydrogen-bond acceptors (Lipinski definition) is 5. The zero-order valence-corrected chi connectivity index (χ0v) is 13.8. The summed E-state index contributed by atoms with van der Waals surface area (Å²) in [5.41, 5.74) is 2.27. The number of nitrogens with one attached hydrogen (secondary N) is 1. The van der Waals surface area contributed by atoms with Crippen LogP contribution in [0.15, 0.2) is 70.3 Å². The lowest BCUT2D eigenvalue weighted by molar-refractivity contribution is -0.111. The Bertz CT molecular complexity index is 859. The number of para-hydroxylation sites is 1. The van der Waals surface area contributed by atoms with Gasteiger partial charge in [-0.1, -0.05) is 54.2 Å². The van der Waals surface area contributed by atoms with Gasteiger partial charge < -0.3 is 9.73 Å². The summed E-state index contributed by atoms with van der Waals surface area (Å²) in [5, 5.41) is 11.3. The maximum Gasteiger partial charge on any atom is 0.276 e. The number of carbonyl (C=O) groups is 1. The smallest absolute Gasteiger partial charge is 0.276 e. The summed E-state index contributed by atoms with van der Waals surface area (Å²) < 4.78 is 5.54. The average Bonchev–Trinajstić information content (AvgIpc) is 3.10. The van der Waals surface area contributed by atoms with Gasteiger partial charge in [0.2, 0.25) is 5.91 Å². The van der Waals surface area contributed by atoms with Gasteiger partial charge in [0.1, 0.15) is 0 Å². The molecule has 120 valence electrons. The Balaban J connectivity index is 1.78. The first-order valence-electron chi connectivity index (χ1n) is 7.27. The quantitative estimate of drug-likeness (QED) is 0.560. The average molecular weight is 337 g/mol. The Kier molecular flexibility index (Phi) is 5.08. The van der Waals surface area contributed by atoms with Crippen LogP contribution in [-0.4, -0.2) is 22.4 Å². The third kappa shape index (κ3) is 3.91. The van der Waals surface area contributed by atoms with Crippen molar-refractivity contribution >= 4 is 29.4 Å². The molecule has 0 bridgehead atoms. The molecule has 3 aromatic rings. The first kappa shape index (κ1) is 16.0. The van der Waals surface area contributed by atoms with Crippen molar-refractivity contribution in [2.45, 2.75) is 5.22 Å². The number of anilines is 1. The summed E-state index contributed by atoms with van der Waals surface area (Å²) >= 11 is 1.37. The van der Waals surface area contributed by atoms with Gasteiger partial charge in [-0.25, -0.2) is 0 Å². The second-order valence-electron chi connectivity index (χ2n) is 4.86. The molecule has 0 spiro atoms. The molecule has 0 unspecified atom stereocenters. The van der Waals surface area contributed by atoms with Crippen molar-refractivity contribution in [3.63, 3.8) is 0 Å². The lowest BCUT2D eigenvalue weighted by Gasteiger charge is -2.06. The molecular weight excluding hydrogens is 322 g/mol. The van der Waals surface area contributed by atoms with E-state index < -0.39 is 0 Å². The molecule has 0 radical (unpaired) electrons. The standard InChI is InChI=1S/C18H15N3O2S/c1-24-18-21-20-17(23-18)14-9-5-6-10-15(14)19-16(22)12-11-13-7-3-2-4-8-13/h2-12H,1H3,(H,19,22). The Hall–Kier alpha value is -2.86. The van der Waals surface area contributed by atoms with E-state index in [1.54, 1.807) is 12.1 Å². The van der Waals surface area contributed by atoms with Gasteiger partial charge in [-0.05, 0) is 30.0 Å². The fourth-order valence-corrected chi connectivity index (χ4v) is 2.37. The molecule has 0 aliphatic carbocycles. The first-order valence-corrected chi connectivity index (χ1v) is 8.50. The summed E-state index contributed by atoms with van der Waals surface area (Å²) in [6.07, 6.45) is 5.11. The van der Waals surface area contributed by atoms with E-state index in [0.717, 1.165) is 5.56 Å². The summed E-state index contributed by atoms with van der Waals surface area (Å²) in [7, 11) is 0. The van der Waals surface area contributed by atoms with Crippen molar-refractivity contribution in [1.29, 1.82) is 0 Å². The predicted octanol–water partition coefficient (Wildman–Crippen LogP) is 4.11. The number of aromatic nitrogens is 2. The highest BCUT2D eigenvalue weighted by Gasteiger charge is 2.13. The molecule has 5 nitrogen and oxygen atoms in total. The maximum absolute atomic E-state index is 12.2. The molecule has 0 atom stereocenters. The third-order valence-electron chi connectivity index (χ3n) is 3.22. The Morgan fingerprint density at radius 1 is 1.08 bits per heavy atom. The van der Waals surface area contributed by atoms with E-state index in [1.807, 2.05) is 54.8 Å². The normalized spacial score (nSPS) is 10.9. The number of carbonyl (C=O) groups excluding carboxylic acids is 1. The van der Waals surface area contributed by atoms with Crippen molar-refractivity contribution in [3.8, 4) is 11.5 Å². The van der Waals surface area contributed by atoms with Crippen molar-refractivity contribution < 1.29 is 9.21 Å². The van der Waals surface area contributed by atoms with E-state index in [2.05, 4.69) is 15.5 Å². The molecule has 0 aliphatic rings. The van der Waals surface area contributed by atoms with E-state index in [9.17, 15) is 4.79 Å². The highest BCUT2D eigenvalue weighted by molar-refractivity contribution is 7.98. The highest BCUT2D eigenvalue weighted by Crippen LogP contribution is 2.28. The minimum Gasteiger partial charge on any atom is -0.411 e. The molecule has 0 saturated heterocycles. The Morgan fingerprint density at radius 2 is 1.83 bits per heavy atom. The lowest BCUT2D eigenvalue weighted by atomic mass is 10.1. The fourth-order valence-electron chi connectivity index (χ4n) is 2.09. The minimum atomic E-state index is -0.226. The number of rotatable bonds is 5. The van der Waals surface area contributed by atoms with Gasteiger partial charge in [-0.3, -0.25) is 4.79 Å². The van der Waals surface area contributed by atoms with Crippen LogP contribution in [0.3, 0.4) is 0 Å². The number of hydrogen-bond donors (Lipinski definition) is 1. The van der Waals surface area contributed by atoms with E-state index in [0.29, 0.717) is 22.4 Å². The van der Waals surface area contributed by atoms with Crippen molar-refractivity contribution in [2.24, 2.45) is 0 Å². The first-order chi connectivity index (χ1) is 11.8. The third-order valence-corrected chi connectivity index (χ3v) is 3.74. The molecule has 3 rings (SSSR count). The number of benzene rings is 2. The Morgan fingerprint density at radius 3 is 2.58 bits per heavy atom. The fraction of sp³-hybridized carbons (Fsp3) is 0.0556. The van der Waals surface area contributed by atoms with Gasteiger partial charge in [-0.15, -0.1) is 10.2 Å². The summed E-state index contributed by atoms with van der Waals surface area (Å²) in [6, 6.07) is 17.0. The van der Waals surface area contributed by atoms with E-state index in [4.69, 9.17) is 4.42 Å². The highest BCUT2D eigenvalue weighted by atomic mass is 32.2. The second kappa shape index (κ2) is 7.61. The molecular formula is C18H15N3O2S. The van der Waals surface area contributed by atoms with Gasteiger partial charge in [-0.2, -0.15) is 0 Å². The van der Waals surface area contributed by atoms with Crippen molar-refractivity contribution in [2.75, 3.05) is 11.6 Å². The van der Waals surface area contributed by atoms with Gasteiger partial charge in [0.15, 0.2) is 0 Å². The van der Waals surface area contributed by atoms with Gasteiger partial charge in [0.25, 0.3) is 11.1 Å². The van der Waals surface area contributed by atoms with Gasteiger partial charge >= 0.3 is 0 Å². The predicted molar refractivity (Wildman–Crippen MR) is 95.6 cm³/mol. The number of thioether (sulfide) groups is 1. The van der Waals surface area contributed by atoms with Crippen LogP contribution in [0.4, 0.5) is 5.69 Å². The van der Waals surface area contributed by atoms with Crippen molar-refractivity contribution in [3.05, 3.63) is 66.2 Å². The zero-order chi connectivity index (χ0) is 16.8. The molecule has 0 saturated carbocycles. The van der Waals surface area contributed by atoms with Crippen LogP contribution in [0.2, 0.25) is 0 Å². The molecule has 0 aliphatic heterocycles. The second-order valence-corrected chi connectivity index (χ2v) is 5.61.